The van der Waals surface area contributed by atoms with E-state index in [2.05, 4.69) is 6.07 Å². The predicted molar refractivity (Wildman–Crippen MR) is 183 cm³/mol. The molecule has 9 nitrogen and oxygen atoms in total. The zero-order valence-corrected chi connectivity index (χ0v) is 28.5. The Morgan fingerprint density at radius 3 is 2.23 bits per heavy atom. The first-order chi connectivity index (χ1) is 23.4. The molecule has 1 heterocycles. The number of esters is 2. The van der Waals surface area contributed by atoms with Crippen LogP contribution in [0.5, 0.6) is 23.0 Å². The lowest BCUT2D eigenvalue weighted by Gasteiger charge is -2.16. The molecule has 1 aliphatic rings. The summed E-state index contributed by atoms with van der Waals surface area (Å²) in [5.74, 6) is 2.44. The number of aryl methyl sites for hydroxylation is 1. The number of hydrogen-bond donors (Lipinski definition) is 0. The summed E-state index contributed by atoms with van der Waals surface area (Å²) in [6.07, 6.45) is 6.82. The van der Waals surface area contributed by atoms with Gasteiger partial charge in [0.25, 0.3) is 0 Å². The fourth-order valence-electron chi connectivity index (χ4n) is 5.61. The van der Waals surface area contributed by atoms with Crippen LogP contribution >= 0.6 is 0 Å². The molecule has 0 N–H and O–H groups in total. The van der Waals surface area contributed by atoms with Gasteiger partial charge in [0.2, 0.25) is 6.79 Å². The highest BCUT2D eigenvalue weighted by molar-refractivity contribution is 5.97. The number of ether oxygens (including phenoxy) is 6. The van der Waals surface area contributed by atoms with Crippen molar-refractivity contribution < 1.29 is 42.8 Å². The van der Waals surface area contributed by atoms with Gasteiger partial charge in [-0.3, -0.25) is 14.4 Å². The quantitative estimate of drug-likeness (QED) is 0.0637. The Morgan fingerprint density at radius 2 is 1.44 bits per heavy atom. The van der Waals surface area contributed by atoms with Crippen LogP contribution in [0.4, 0.5) is 0 Å². The van der Waals surface area contributed by atoms with Crippen molar-refractivity contribution in [1.29, 1.82) is 0 Å². The molecule has 0 saturated heterocycles. The summed E-state index contributed by atoms with van der Waals surface area (Å²) >= 11 is 0. The number of fused-ring (bicyclic) bond motifs is 1. The molecule has 0 radical (unpaired) electrons. The Balaban J connectivity index is 1.29. The first-order valence-electron chi connectivity index (χ1n) is 17.2. The molecule has 9 heteroatoms. The van der Waals surface area contributed by atoms with Crippen molar-refractivity contribution in [2.45, 2.75) is 85.0 Å². The van der Waals surface area contributed by atoms with Crippen molar-refractivity contribution >= 4 is 17.7 Å². The van der Waals surface area contributed by atoms with E-state index in [-0.39, 0.29) is 30.9 Å². The highest BCUT2D eigenvalue weighted by atomic mass is 16.7. The average molecular weight is 661 g/mol. The molecule has 0 aromatic heterocycles. The van der Waals surface area contributed by atoms with E-state index in [1.165, 1.54) is 0 Å². The lowest BCUT2D eigenvalue weighted by atomic mass is 9.96. The predicted octanol–water partition coefficient (Wildman–Crippen LogP) is 8.07. The topological polar surface area (TPSA) is 107 Å². The van der Waals surface area contributed by atoms with E-state index in [0.717, 1.165) is 60.1 Å². The first kappa shape index (κ1) is 36.3. The van der Waals surface area contributed by atoms with E-state index in [1.807, 2.05) is 55.5 Å². The highest BCUT2D eigenvalue weighted by Gasteiger charge is 2.16. The molecule has 1 aliphatic heterocycles. The second-order valence-corrected chi connectivity index (χ2v) is 11.6. The molecule has 0 aliphatic carbocycles. The molecule has 3 aromatic carbocycles. The molecule has 0 amide bonds. The average Bonchev–Trinajstić information content (AvgIpc) is 3.57. The second kappa shape index (κ2) is 19.3. The molecule has 0 bridgehead atoms. The molecule has 0 saturated carbocycles. The SMILES string of the molecule is CCOC(=O)CCCOc1cccc(CCCCCCOc2cc(C(=O)CC)cc(-c3ccc4c(c3)OCO4)c2)c1CCC(=O)OCC. The molecule has 0 unspecified atom stereocenters. The van der Waals surface area contributed by atoms with E-state index in [4.69, 9.17) is 28.4 Å². The van der Waals surface area contributed by atoms with E-state index >= 15 is 0 Å². The molecule has 0 atom stereocenters. The zero-order chi connectivity index (χ0) is 34.1. The van der Waals surface area contributed by atoms with Gasteiger partial charge in [0.1, 0.15) is 11.5 Å². The van der Waals surface area contributed by atoms with Crippen molar-refractivity contribution in [2.75, 3.05) is 33.2 Å². The van der Waals surface area contributed by atoms with Gasteiger partial charge < -0.3 is 28.4 Å². The first-order valence-corrected chi connectivity index (χ1v) is 17.2. The van der Waals surface area contributed by atoms with E-state index in [1.54, 1.807) is 13.8 Å². The Morgan fingerprint density at radius 1 is 0.688 bits per heavy atom. The van der Waals surface area contributed by atoms with Crippen LogP contribution < -0.4 is 18.9 Å². The minimum atomic E-state index is -0.229. The third-order valence-corrected chi connectivity index (χ3v) is 8.07. The van der Waals surface area contributed by atoms with Crippen LogP contribution in [0, 0.1) is 0 Å². The summed E-state index contributed by atoms with van der Waals surface area (Å²) in [6, 6.07) is 17.5. The van der Waals surface area contributed by atoms with Crippen molar-refractivity contribution in [3.8, 4) is 34.1 Å². The Kier molecular flexibility index (Phi) is 14.6. The van der Waals surface area contributed by atoms with E-state index in [9.17, 15) is 14.4 Å². The van der Waals surface area contributed by atoms with Crippen LogP contribution in [-0.4, -0.2) is 50.9 Å². The normalized spacial score (nSPS) is 11.6. The number of unbranched alkanes of at least 4 members (excludes halogenated alkanes) is 3. The van der Waals surface area contributed by atoms with Crippen LogP contribution in [0.1, 0.15) is 93.6 Å². The maximum Gasteiger partial charge on any atom is 0.306 e. The van der Waals surface area contributed by atoms with E-state index in [0.29, 0.717) is 74.9 Å². The van der Waals surface area contributed by atoms with Gasteiger partial charge in [-0.05, 0) is 105 Å². The lowest BCUT2D eigenvalue weighted by Crippen LogP contribution is -2.10. The Bertz CT molecular complexity index is 1510. The molecular formula is C39H48O9. The van der Waals surface area contributed by atoms with Crippen molar-refractivity contribution in [3.63, 3.8) is 0 Å². The van der Waals surface area contributed by atoms with Gasteiger partial charge in [-0.2, -0.15) is 0 Å². The minimum absolute atomic E-state index is 0.0650. The van der Waals surface area contributed by atoms with Crippen LogP contribution in [0.25, 0.3) is 11.1 Å². The Hall–Kier alpha value is -4.53. The summed E-state index contributed by atoms with van der Waals surface area (Å²) < 4.78 is 33.4. The maximum atomic E-state index is 12.6. The van der Waals surface area contributed by atoms with Crippen molar-refractivity contribution in [1.82, 2.24) is 0 Å². The molecule has 0 spiro atoms. The van der Waals surface area contributed by atoms with Gasteiger partial charge in [0, 0.05) is 24.8 Å². The molecule has 258 valence electrons. The number of carbonyl (C=O) groups is 3. The third-order valence-electron chi connectivity index (χ3n) is 8.07. The fourth-order valence-corrected chi connectivity index (χ4v) is 5.61. The van der Waals surface area contributed by atoms with Crippen LogP contribution in [0.3, 0.4) is 0 Å². The highest BCUT2D eigenvalue weighted by Crippen LogP contribution is 2.37. The molecule has 48 heavy (non-hydrogen) atoms. The smallest absolute Gasteiger partial charge is 0.306 e. The summed E-state index contributed by atoms with van der Waals surface area (Å²) in [5.41, 5.74) is 4.64. The lowest BCUT2D eigenvalue weighted by molar-refractivity contribution is -0.144. The summed E-state index contributed by atoms with van der Waals surface area (Å²) in [4.78, 5) is 36.4. The number of benzene rings is 3. The number of rotatable bonds is 21. The third kappa shape index (κ3) is 11.0. The van der Waals surface area contributed by atoms with Gasteiger partial charge in [-0.15, -0.1) is 0 Å². The molecule has 4 rings (SSSR count). The zero-order valence-electron chi connectivity index (χ0n) is 28.5. The minimum Gasteiger partial charge on any atom is -0.494 e. The largest absolute Gasteiger partial charge is 0.494 e. The van der Waals surface area contributed by atoms with Crippen LogP contribution in [-0.2, 0) is 31.9 Å². The second-order valence-electron chi connectivity index (χ2n) is 11.6. The van der Waals surface area contributed by atoms with Gasteiger partial charge in [0.05, 0.1) is 26.4 Å². The summed E-state index contributed by atoms with van der Waals surface area (Å²) in [6.45, 7) is 7.32. The number of Topliss-reactive ketones (excluding diaryl/α,β-unsaturated/α-hetero) is 1. The number of hydrogen-bond acceptors (Lipinski definition) is 9. The molecule has 0 fully saturated rings. The van der Waals surface area contributed by atoms with Crippen molar-refractivity contribution in [3.05, 3.63) is 71.3 Å². The van der Waals surface area contributed by atoms with Gasteiger partial charge >= 0.3 is 11.9 Å². The maximum absolute atomic E-state index is 12.6. The monoisotopic (exact) mass is 660 g/mol. The number of carbonyl (C=O) groups excluding carboxylic acids is 3. The summed E-state index contributed by atoms with van der Waals surface area (Å²) in [7, 11) is 0. The number of ketones is 1. The molecular weight excluding hydrogens is 612 g/mol. The van der Waals surface area contributed by atoms with Crippen LogP contribution in [0.15, 0.2) is 54.6 Å². The van der Waals surface area contributed by atoms with Gasteiger partial charge in [-0.1, -0.05) is 38.0 Å². The Labute approximate surface area is 283 Å². The van der Waals surface area contributed by atoms with Crippen molar-refractivity contribution in [2.24, 2.45) is 0 Å². The van der Waals surface area contributed by atoms with Gasteiger partial charge in [0.15, 0.2) is 17.3 Å². The summed E-state index contributed by atoms with van der Waals surface area (Å²) in [5, 5.41) is 0. The fraction of sp³-hybridized carbons (Fsp3) is 0.462. The van der Waals surface area contributed by atoms with E-state index < -0.39 is 0 Å². The standard InChI is InChI=1S/C39H48O9/c1-4-34(40)31-23-30(29-17-19-36-37(26-29)48-27-47-36)24-32(25-31)45-21-10-8-7-9-13-28-14-11-15-35(33(28)18-20-39(42)44-6-3)46-22-12-16-38(41)43-5-2/h11,14-15,17,19,23-26H,4-10,12-13,16,18,20-22,27H2,1-3H3. The van der Waals surface area contributed by atoms with Gasteiger partial charge in [-0.25, -0.2) is 0 Å². The molecule has 3 aromatic rings. The van der Waals surface area contributed by atoms with Crippen LogP contribution in [0.2, 0.25) is 0 Å².